The highest BCUT2D eigenvalue weighted by Gasteiger charge is 2.21. The number of carbonyl (C=O) groups excluding carboxylic acids is 2. The molecular weight excluding hydrogens is 526 g/mol. The highest BCUT2D eigenvalue weighted by molar-refractivity contribution is 5.97. The molecular formula is C30H35N5O6. The zero-order chi connectivity index (χ0) is 29.2. The Hall–Kier alpha value is -4.77. The van der Waals surface area contributed by atoms with Gasteiger partial charge in [-0.15, -0.1) is 0 Å². The molecule has 0 aliphatic heterocycles. The van der Waals surface area contributed by atoms with Crippen molar-refractivity contribution >= 4 is 17.8 Å². The number of nitrogens with two attached hydrogens (primary N) is 2. The molecule has 0 heterocycles. The number of hydrogen-bond donors (Lipinski definition) is 5. The molecule has 0 atom stereocenters. The highest BCUT2D eigenvalue weighted by atomic mass is 16.5. The minimum absolute atomic E-state index is 0.0164. The fourth-order valence-corrected chi connectivity index (χ4v) is 4.41. The number of carbonyl (C=O) groups is 2. The molecule has 0 spiro atoms. The van der Waals surface area contributed by atoms with Crippen LogP contribution in [0.2, 0.25) is 0 Å². The van der Waals surface area contributed by atoms with Gasteiger partial charge in [0.25, 0.3) is 5.91 Å². The molecule has 3 aromatic rings. The molecule has 1 aliphatic carbocycles. The quantitative estimate of drug-likeness (QED) is 0.103. The van der Waals surface area contributed by atoms with Gasteiger partial charge in [-0.3, -0.25) is 4.79 Å². The lowest BCUT2D eigenvalue weighted by atomic mass is 9.91. The lowest BCUT2D eigenvalue weighted by Gasteiger charge is -2.26. The van der Waals surface area contributed by atoms with E-state index >= 15 is 0 Å². The Balaban J connectivity index is 1.52. The normalized spacial score (nSPS) is 16.9. The van der Waals surface area contributed by atoms with Crippen molar-refractivity contribution < 1.29 is 29.0 Å². The van der Waals surface area contributed by atoms with Crippen LogP contribution in [-0.4, -0.2) is 41.7 Å². The van der Waals surface area contributed by atoms with E-state index in [0.29, 0.717) is 47.3 Å². The molecule has 7 N–H and O–H groups in total. The van der Waals surface area contributed by atoms with E-state index in [-0.39, 0.29) is 23.8 Å². The maximum atomic E-state index is 13.2. The Morgan fingerprint density at radius 3 is 2.02 bits per heavy atom. The maximum absolute atomic E-state index is 13.2. The summed E-state index contributed by atoms with van der Waals surface area (Å²) in [4.78, 5) is 24.8. The van der Waals surface area contributed by atoms with Crippen LogP contribution in [0.3, 0.4) is 0 Å². The number of benzene rings is 3. The zero-order valence-corrected chi connectivity index (χ0v) is 22.8. The van der Waals surface area contributed by atoms with Crippen molar-refractivity contribution in [2.75, 3.05) is 6.61 Å². The van der Waals surface area contributed by atoms with E-state index in [1.165, 1.54) is 0 Å². The SMILES string of the molecule is CCOC(=O)NCc1ccc(Oc2cc(Oc3ccc(/C(N)=N/O)cc3)cc(C(=O)NC3CCC(N)CC3)c2)cc1. The number of nitrogens with one attached hydrogen (secondary N) is 2. The number of nitrogens with zero attached hydrogens (tertiary/aromatic N) is 1. The summed E-state index contributed by atoms with van der Waals surface area (Å²) in [6.45, 7) is 2.36. The first-order chi connectivity index (χ1) is 19.8. The molecule has 3 aromatic carbocycles. The van der Waals surface area contributed by atoms with Crippen LogP contribution in [0, 0.1) is 0 Å². The number of oxime groups is 1. The third-order valence-corrected chi connectivity index (χ3v) is 6.61. The molecule has 1 fully saturated rings. The van der Waals surface area contributed by atoms with Gasteiger partial charge in [-0.1, -0.05) is 17.3 Å². The molecule has 11 heteroatoms. The molecule has 0 saturated heterocycles. The zero-order valence-electron chi connectivity index (χ0n) is 22.8. The van der Waals surface area contributed by atoms with Gasteiger partial charge in [-0.25, -0.2) is 4.79 Å². The summed E-state index contributed by atoms with van der Waals surface area (Å²) in [5.74, 6) is 1.58. The van der Waals surface area contributed by atoms with Gasteiger partial charge >= 0.3 is 6.09 Å². The second-order valence-electron chi connectivity index (χ2n) is 9.71. The molecule has 4 rings (SSSR count). The summed E-state index contributed by atoms with van der Waals surface area (Å²) in [6, 6.07) is 19.1. The average molecular weight is 562 g/mol. The first kappa shape index (κ1) is 29.2. The van der Waals surface area contributed by atoms with Crippen molar-refractivity contribution in [3.05, 3.63) is 83.4 Å². The van der Waals surface area contributed by atoms with E-state index in [4.69, 9.17) is 30.9 Å². The number of amides is 2. The van der Waals surface area contributed by atoms with Crippen molar-refractivity contribution in [2.45, 2.75) is 51.2 Å². The summed E-state index contributed by atoms with van der Waals surface area (Å²) in [5.41, 5.74) is 13.4. The van der Waals surface area contributed by atoms with Crippen LogP contribution >= 0.6 is 0 Å². The molecule has 11 nitrogen and oxygen atoms in total. The summed E-state index contributed by atoms with van der Waals surface area (Å²) in [7, 11) is 0. The second-order valence-corrected chi connectivity index (χ2v) is 9.71. The third-order valence-electron chi connectivity index (χ3n) is 6.61. The van der Waals surface area contributed by atoms with Gasteiger partial charge in [-0.2, -0.15) is 0 Å². The van der Waals surface area contributed by atoms with Crippen molar-refractivity contribution in [3.63, 3.8) is 0 Å². The Morgan fingerprint density at radius 1 is 0.878 bits per heavy atom. The van der Waals surface area contributed by atoms with Crippen molar-refractivity contribution in [1.82, 2.24) is 10.6 Å². The molecule has 1 aliphatic rings. The summed E-state index contributed by atoms with van der Waals surface area (Å²) in [5, 5.41) is 17.7. The van der Waals surface area contributed by atoms with Gasteiger partial charge in [0.05, 0.1) is 6.61 Å². The van der Waals surface area contributed by atoms with Crippen molar-refractivity contribution in [2.24, 2.45) is 16.6 Å². The largest absolute Gasteiger partial charge is 0.457 e. The van der Waals surface area contributed by atoms with Gasteiger partial charge in [0.15, 0.2) is 5.84 Å². The second kappa shape index (κ2) is 14.0. The first-order valence-corrected chi connectivity index (χ1v) is 13.5. The molecule has 0 unspecified atom stereocenters. The Labute approximate surface area is 238 Å². The molecule has 41 heavy (non-hydrogen) atoms. The van der Waals surface area contributed by atoms with Crippen LogP contribution in [0.5, 0.6) is 23.0 Å². The molecule has 1 saturated carbocycles. The predicted molar refractivity (Wildman–Crippen MR) is 154 cm³/mol. The van der Waals surface area contributed by atoms with Crippen LogP contribution in [0.25, 0.3) is 0 Å². The minimum atomic E-state index is -0.480. The molecule has 0 bridgehead atoms. The Morgan fingerprint density at radius 2 is 1.46 bits per heavy atom. The monoisotopic (exact) mass is 561 g/mol. The van der Waals surface area contributed by atoms with Crippen molar-refractivity contribution in [1.29, 1.82) is 0 Å². The Kier molecular flexibility index (Phi) is 10.0. The number of hydrogen-bond acceptors (Lipinski definition) is 8. The number of ether oxygens (including phenoxy) is 3. The van der Waals surface area contributed by atoms with E-state index < -0.39 is 6.09 Å². The van der Waals surface area contributed by atoms with Crippen LogP contribution < -0.4 is 31.6 Å². The van der Waals surface area contributed by atoms with Crippen LogP contribution in [-0.2, 0) is 11.3 Å². The number of amidine groups is 1. The molecule has 2 amide bonds. The summed E-state index contributed by atoms with van der Waals surface area (Å²) in [6.07, 6.45) is 2.92. The third kappa shape index (κ3) is 8.61. The fourth-order valence-electron chi connectivity index (χ4n) is 4.41. The van der Waals surface area contributed by atoms with E-state index in [1.807, 2.05) is 12.1 Å². The van der Waals surface area contributed by atoms with Crippen LogP contribution in [0.1, 0.15) is 54.1 Å². The maximum Gasteiger partial charge on any atom is 0.407 e. The van der Waals surface area contributed by atoms with Gasteiger partial charge in [-0.05, 0) is 86.7 Å². The standard InChI is InChI=1S/C30H35N5O6/c1-2-39-30(37)33-18-19-3-11-24(12-4-19)40-26-15-21(29(36)34-23-9-7-22(31)8-10-23)16-27(17-26)41-25-13-5-20(6-14-25)28(32)35-38/h3-6,11-17,22-23,38H,2,7-10,18,31H2,1H3,(H2,32,35)(H,33,37)(H,34,36). The van der Waals surface area contributed by atoms with E-state index in [0.717, 1.165) is 31.2 Å². The molecule has 0 aromatic heterocycles. The predicted octanol–water partition coefficient (Wildman–Crippen LogP) is 4.61. The summed E-state index contributed by atoms with van der Waals surface area (Å²) >= 11 is 0. The number of alkyl carbamates (subject to hydrolysis) is 1. The molecule has 0 radical (unpaired) electrons. The average Bonchev–Trinajstić information content (AvgIpc) is 2.98. The summed E-state index contributed by atoms with van der Waals surface area (Å²) < 4.78 is 17.0. The minimum Gasteiger partial charge on any atom is -0.457 e. The van der Waals surface area contributed by atoms with Crippen molar-refractivity contribution in [3.8, 4) is 23.0 Å². The van der Waals surface area contributed by atoms with E-state index in [1.54, 1.807) is 61.5 Å². The van der Waals surface area contributed by atoms with Gasteiger partial charge in [0, 0.05) is 35.8 Å². The van der Waals surface area contributed by atoms with E-state index in [9.17, 15) is 9.59 Å². The molecule has 216 valence electrons. The number of rotatable bonds is 10. The van der Waals surface area contributed by atoms with E-state index in [2.05, 4.69) is 15.8 Å². The highest BCUT2D eigenvalue weighted by Crippen LogP contribution is 2.31. The van der Waals surface area contributed by atoms with Crippen LogP contribution in [0.15, 0.2) is 71.9 Å². The Bertz CT molecular complexity index is 1350. The van der Waals surface area contributed by atoms with Gasteiger partial charge < -0.3 is 41.5 Å². The fraction of sp³-hybridized carbons (Fsp3) is 0.300. The first-order valence-electron chi connectivity index (χ1n) is 13.5. The lowest BCUT2D eigenvalue weighted by molar-refractivity contribution is 0.0925. The van der Waals surface area contributed by atoms with Gasteiger partial charge in [0.1, 0.15) is 23.0 Å². The smallest absolute Gasteiger partial charge is 0.407 e. The van der Waals surface area contributed by atoms with Crippen LogP contribution in [0.4, 0.5) is 4.79 Å². The van der Waals surface area contributed by atoms with Gasteiger partial charge in [0.2, 0.25) is 0 Å². The topological polar surface area (TPSA) is 171 Å². The lowest BCUT2D eigenvalue weighted by Crippen LogP contribution is -2.40.